The molecule has 4 rings (SSSR count). The Balaban J connectivity index is 1.73. The summed E-state index contributed by atoms with van der Waals surface area (Å²) in [5, 5.41) is 4.13. The molecule has 172 valence electrons. The van der Waals surface area contributed by atoms with Crippen molar-refractivity contribution in [1.82, 2.24) is 5.09 Å². The highest BCUT2D eigenvalue weighted by molar-refractivity contribution is 7.58. The van der Waals surface area contributed by atoms with Crippen LogP contribution < -0.4 is 5.09 Å². The zero-order valence-electron chi connectivity index (χ0n) is 20.7. The van der Waals surface area contributed by atoms with Gasteiger partial charge in [0.15, 0.2) is 0 Å². The first-order valence-electron chi connectivity index (χ1n) is 12.6. The highest BCUT2D eigenvalue weighted by Crippen LogP contribution is 2.54. The van der Waals surface area contributed by atoms with Crippen LogP contribution in [0.15, 0.2) is 47.5 Å². The van der Waals surface area contributed by atoms with Gasteiger partial charge < -0.3 is 5.09 Å². The Labute approximate surface area is 197 Å². The average Bonchev–Trinajstić information content (AvgIpc) is 3.47. The molecule has 0 radical (unpaired) electrons. The molecule has 2 fully saturated rings. The van der Waals surface area contributed by atoms with E-state index in [1.165, 1.54) is 73.6 Å². The fraction of sp³-hybridized carbons (Fsp3) is 0.552. The maximum atomic E-state index is 5.32. The zero-order chi connectivity index (χ0) is 22.7. The molecule has 0 atom stereocenters. The van der Waals surface area contributed by atoms with Gasteiger partial charge in [-0.2, -0.15) is 0 Å². The van der Waals surface area contributed by atoms with Crippen molar-refractivity contribution in [1.29, 1.82) is 0 Å². The lowest BCUT2D eigenvalue weighted by molar-refractivity contribution is 0.590. The minimum atomic E-state index is -0.252. The van der Waals surface area contributed by atoms with Gasteiger partial charge >= 0.3 is 0 Å². The molecule has 0 aliphatic heterocycles. The van der Waals surface area contributed by atoms with E-state index < -0.39 is 0 Å². The molecule has 0 amide bonds. The summed E-state index contributed by atoms with van der Waals surface area (Å²) < 4.78 is 0. The van der Waals surface area contributed by atoms with E-state index in [1.54, 1.807) is 0 Å². The monoisotopic (exact) mass is 448 g/mol. The predicted octanol–water partition coefficient (Wildman–Crippen LogP) is 8.55. The second-order valence-electron chi connectivity index (χ2n) is 10.9. The number of benzene rings is 2. The van der Waals surface area contributed by atoms with Crippen LogP contribution >= 0.6 is 8.07 Å². The van der Waals surface area contributed by atoms with Crippen molar-refractivity contribution in [2.75, 3.05) is 0 Å². The fourth-order valence-electron chi connectivity index (χ4n) is 5.34. The van der Waals surface area contributed by atoms with Crippen LogP contribution in [0.5, 0.6) is 0 Å². The Hall–Kier alpha value is -1.66. The standard InChI is InChI=1S/C29H41N2P/c1-21-11-10-12-22(2)27(21)30-28(23-17-19-24(20-18-23)29(3,4)5)31-32(25-13-6-7-14-25)26-15-8-9-16-26/h10-12,17-20,25-26H,6-9,13-16H2,1-5H3,(H,30,31). The van der Waals surface area contributed by atoms with E-state index in [1.807, 2.05) is 0 Å². The maximum absolute atomic E-state index is 5.32. The summed E-state index contributed by atoms with van der Waals surface area (Å²) in [4.78, 5) is 5.32. The number of hydrogen-bond donors (Lipinski definition) is 1. The Bertz CT molecular complexity index is 890. The van der Waals surface area contributed by atoms with Gasteiger partial charge in [0.2, 0.25) is 0 Å². The van der Waals surface area contributed by atoms with E-state index in [0.717, 1.165) is 22.8 Å². The highest BCUT2D eigenvalue weighted by atomic mass is 31.1. The van der Waals surface area contributed by atoms with Crippen LogP contribution in [-0.4, -0.2) is 17.2 Å². The number of amidine groups is 1. The smallest absolute Gasteiger partial charge is 0.137 e. The first-order valence-corrected chi connectivity index (χ1v) is 14.1. The lowest BCUT2D eigenvalue weighted by atomic mass is 9.86. The Kier molecular flexibility index (Phi) is 7.40. The van der Waals surface area contributed by atoms with Crippen molar-refractivity contribution in [3.05, 3.63) is 64.7 Å². The molecule has 32 heavy (non-hydrogen) atoms. The quantitative estimate of drug-likeness (QED) is 0.276. The van der Waals surface area contributed by atoms with Crippen molar-refractivity contribution in [2.24, 2.45) is 4.99 Å². The van der Waals surface area contributed by atoms with Gasteiger partial charge in [-0.3, -0.25) is 0 Å². The van der Waals surface area contributed by atoms with Crippen molar-refractivity contribution in [2.45, 2.75) is 103 Å². The number of nitrogens with zero attached hydrogens (tertiary/aromatic N) is 1. The van der Waals surface area contributed by atoms with E-state index in [9.17, 15) is 0 Å². The third kappa shape index (κ3) is 5.45. The molecule has 2 aliphatic rings. The minimum Gasteiger partial charge on any atom is -0.348 e. The molecule has 0 spiro atoms. The highest BCUT2D eigenvalue weighted by Gasteiger charge is 2.34. The second-order valence-corrected chi connectivity index (χ2v) is 13.4. The van der Waals surface area contributed by atoms with Gasteiger partial charge in [0.25, 0.3) is 0 Å². The summed E-state index contributed by atoms with van der Waals surface area (Å²) >= 11 is 0. The molecule has 2 aromatic rings. The molecular weight excluding hydrogens is 407 g/mol. The lowest BCUT2D eigenvalue weighted by Crippen LogP contribution is -2.28. The number of aliphatic imine (C=N–C) groups is 1. The molecule has 1 N–H and O–H groups in total. The number of rotatable bonds is 5. The minimum absolute atomic E-state index is 0.163. The van der Waals surface area contributed by atoms with E-state index in [2.05, 4.69) is 82.2 Å². The average molecular weight is 449 g/mol. The molecule has 2 aliphatic carbocycles. The molecule has 0 heterocycles. The van der Waals surface area contributed by atoms with Crippen molar-refractivity contribution >= 4 is 19.6 Å². The van der Waals surface area contributed by atoms with Gasteiger partial charge in [0.05, 0.1) is 5.69 Å². The second kappa shape index (κ2) is 10.1. The van der Waals surface area contributed by atoms with Crippen molar-refractivity contribution < 1.29 is 0 Å². The van der Waals surface area contributed by atoms with E-state index in [0.29, 0.717) is 0 Å². The largest absolute Gasteiger partial charge is 0.348 e. The summed E-state index contributed by atoms with van der Waals surface area (Å²) in [5.41, 5.74) is 8.10. The lowest BCUT2D eigenvalue weighted by Gasteiger charge is -2.32. The van der Waals surface area contributed by atoms with Crippen molar-refractivity contribution in [3.8, 4) is 0 Å². The number of aryl methyl sites for hydroxylation is 2. The van der Waals surface area contributed by atoms with Gasteiger partial charge in [-0.15, -0.1) is 0 Å². The number of nitrogens with one attached hydrogen (secondary N) is 1. The normalized spacial score (nSPS) is 18.6. The van der Waals surface area contributed by atoms with Gasteiger partial charge in [0, 0.05) is 5.56 Å². The van der Waals surface area contributed by atoms with Gasteiger partial charge in [-0.1, -0.05) is 88.9 Å². The first-order chi connectivity index (χ1) is 15.3. The van der Waals surface area contributed by atoms with Crippen LogP contribution in [0.3, 0.4) is 0 Å². The molecular formula is C29H41N2P. The van der Waals surface area contributed by atoms with Crippen LogP contribution in [0.1, 0.15) is 94.4 Å². The molecule has 2 saturated carbocycles. The summed E-state index contributed by atoms with van der Waals surface area (Å²) in [5.74, 6) is 1.09. The Morgan fingerprint density at radius 1 is 0.812 bits per heavy atom. The molecule has 0 bridgehead atoms. The number of hydrogen-bond acceptors (Lipinski definition) is 1. The molecule has 0 unspecified atom stereocenters. The van der Waals surface area contributed by atoms with Crippen LogP contribution in [0, 0.1) is 13.8 Å². The maximum Gasteiger partial charge on any atom is 0.137 e. The van der Waals surface area contributed by atoms with Crippen LogP contribution in [0.25, 0.3) is 0 Å². The van der Waals surface area contributed by atoms with Gasteiger partial charge in [-0.25, -0.2) is 4.99 Å². The molecule has 2 nitrogen and oxygen atoms in total. The van der Waals surface area contributed by atoms with E-state index in [-0.39, 0.29) is 13.5 Å². The molecule has 2 aromatic carbocycles. The summed E-state index contributed by atoms with van der Waals surface area (Å²) in [7, 11) is -0.252. The van der Waals surface area contributed by atoms with Crippen LogP contribution in [0.2, 0.25) is 0 Å². The van der Waals surface area contributed by atoms with Gasteiger partial charge in [0.1, 0.15) is 5.84 Å². The van der Waals surface area contributed by atoms with Crippen LogP contribution in [0.4, 0.5) is 5.69 Å². The first kappa shape index (κ1) is 23.5. The van der Waals surface area contributed by atoms with E-state index in [4.69, 9.17) is 4.99 Å². The SMILES string of the molecule is Cc1cccc(C)c1N=C(NP(C1CCCC1)C1CCCC1)c1ccc(C(C)(C)C)cc1. The van der Waals surface area contributed by atoms with Crippen LogP contribution in [-0.2, 0) is 5.41 Å². The summed E-state index contributed by atoms with van der Waals surface area (Å²) in [6.07, 6.45) is 11.2. The predicted molar refractivity (Wildman–Crippen MR) is 142 cm³/mol. The molecule has 0 aromatic heterocycles. The Morgan fingerprint density at radius 2 is 1.31 bits per heavy atom. The summed E-state index contributed by atoms with van der Waals surface area (Å²) in [6, 6.07) is 15.7. The Morgan fingerprint density at radius 3 is 1.78 bits per heavy atom. The zero-order valence-corrected chi connectivity index (χ0v) is 21.6. The fourth-order valence-corrected chi connectivity index (χ4v) is 8.57. The molecule has 0 saturated heterocycles. The summed E-state index contributed by atoms with van der Waals surface area (Å²) in [6.45, 7) is 11.2. The topological polar surface area (TPSA) is 24.4 Å². The third-order valence-electron chi connectivity index (χ3n) is 7.36. The van der Waals surface area contributed by atoms with Gasteiger partial charge in [-0.05, 0) is 81.0 Å². The van der Waals surface area contributed by atoms with Crippen molar-refractivity contribution in [3.63, 3.8) is 0 Å². The van der Waals surface area contributed by atoms with E-state index >= 15 is 0 Å². The number of para-hydroxylation sites is 1. The molecule has 3 heteroatoms. The third-order valence-corrected chi connectivity index (χ3v) is 10.4.